The Balaban J connectivity index is 1.48. The van der Waals surface area contributed by atoms with E-state index in [2.05, 4.69) is 4.90 Å². The van der Waals surface area contributed by atoms with Gasteiger partial charge in [0, 0.05) is 18.8 Å². The van der Waals surface area contributed by atoms with Gasteiger partial charge < -0.3 is 14.5 Å². The number of hydrogen-bond donors (Lipinski definition) is 0. The van der Waals surface area contributed by atoms with E-state index in [0.717, 1.165) is 53.5 Å². The highest BCUT2D eigenvalue weighted by atomic mass is 32.2. The van der Waals surface area contributed by atoms with E-state index in [9.17, 15) is 9.59 Å². The van der Waals surface area contributed by atoms with E-state index in [-0.39, 0.29) is 18.5 Å². The lowest BCUT2D eigenvalue weighted by Gasteiger charge is -2.37. The van der Waals surface area contributed by atoms with Crippen molar-refractivity contribution in [3.8, 4) is 0 Å². The van der Waals surface area contributed by atoms with Gasteiger partial charge in [0.15, 0.2) is 5.17 Å². The summed E-state index contributed by atoms with van der Waals surface area (Å²) in [4.78, 5) is 35.3. The van der Waals surface area contributed by atoms with Gasteiger partial charge in [-0.3, -0.25) is 4.79 Å². The van der Waals surface area contributed by atoms with Gasteiger partial charge >= 0.3 is 5.97 Å². The minimum Gasteiger partial charge on any atom is -0.457 e. The third kappa shape index (κ3) is 4.78. The molecule has 2 aromatic rings. The van der Waals surface area contributed by atoms with Crippen LogP contribution in [0.5, 0.6) is 0 Å². The maximum Gasteiger partial charge on any atom is 0.338 e. The van der Waals surface area contributed by atoms with Crippen LogP contribution in [0.1, 0.15) is 48.9 Å². The molecule has 1 amide bonds. The van der Waals surface area contributed by atoms with Gasteiger partial charge in [-0.25, -0.2) is 9.79 Å². The van der Waals surface area contributed by atoms with Crippen molar-refractivity contribution < 1.29 is 14.3 Å². The Morgan fingerprint density at radius 3 is 2.49 bits per heavy atom. The van der Waals surface area contributed by atoms with Crippen LogP contribution in [-0.2, 0) is 20.9 Å². The molecule has 2 aromatic carbocycles. The van der Waals surface area contributed by atoms with Crippen LogP contribution in [0.4, 0.5) is 0 Å². The number of hydrogen-bond acceptors (Lipinski definition) is 6. The van der Waals surface area contributed by atoms with E-state index in [4.69, 9.17) is 9.73 Å². The molecule has 0 spiro atoms. The van der Waals surface area contributed by atoms with E-state index < -0.39 is 6.04 Å². The van der Waals surface area contributed by atoms with Crippen LogP contribution in [0.2, 0.25) is 0 Å². The maximum absolute atomic E-state index is 13.5. The number of aryl methyl sites for hydroxylation is 1. The number of rotatable bonds is 6. The SMILES string of the molecule is CC1=C(C(=O)OCc2ccccc2)C(c2ccccc2C)N2C(CC(=O)N3CCCC3)=CSC2=N1. The number of likely N-dealkylation sites (tertiary alicyclic amines) is 1. The van der Waals surface area contributed by atoms with Crippen molar-refractivity contribution in [3.63, 3.8) is 0 Å². The van der Waals surface area contributed by atoms with Crippen molar-refractivity contribution in [1.82, 2.24) is 9.80 Å². The monoisotopic (exact) mass is 487 g/mol. The second-order valence-electron chi connectivity index (χ2n) is 9.08. The van der Waals surface area contributed by atoms with E-state index in [1.54, 1.807) is 0 Å². The second kappa shape index (κ2) is 10.1. The van der Waals surface area contributed by atoms with Gasteiger partial charge in [0.05, 0.1) is 23.7 Å². The predicted molar refractivity (Wildman–Crippen MR) is 138 cm³/mol. The molecule has 3 aliphatic rings. The highest BCUT2D eigenvalue weighted by molar-refractivity contribution is 8.16. The van der Waals surface area contributed by atoms with Crippen LogP contribution >= 0.6 is 11.8 Å². The molecule has 0 radical (unpaired) electrons. The van der Waals surface area contributed by atoms with Gasteiger partial charge in [-0.2, -0.15) is 0 Å². The molecular weight excluding hydrogens is 458 g/mol. The number of carbonyl (C=O) groups is 2. The molecule has 180 valence electrons. The average Bonchev–Trinajstić information content (AvgIpc) is 3.54. The Kier molecular flexibility index (Phi) is 6.77. The largest absolute Gasteiger partial charge is 0.457 e. The number of amides is 1. The average molecular weight is 488 g/mol. The van der Waals surface area contributed by atoms with E-state index in [0.29, 0.717) is 17.7 Å². The van der Waals surface area contributed by atoms with Gasteiger partial charge in [0.1, 0.15) is 6.61 Å². The minimum atomic E-state index is -0.403. The number of esters is 1. The maximum atomic E-state index is 13.5. The molecule has 3 heterocycles. The molecule has 1 saturated heterocycles. The van der Waals surface area contributed by atoms with Crippen LogP contribution < -0.4 is 0 Å². The summed E-state index contributed by atoms with van der Waals surface area (Å²) in [5.41, 5.74) is 5.05. The molecule has 6 nitrogen and oxygen atoms in total. The van der Waals surface area contributed by atoms with Gasteiger partial charge in [0.2, 0.25) is 5.91 Å². The number of benzene rings is 2. The number of fused-ring (bicyclic) bond motifs is 1. The van der Waals surface area contributed by atoms with E-state index in [1.807, 2.05) is 78.8 Å². The molecule has 0 aliphatic carbocycles. The number of carbonyl (C=O) groups excluding carboxylic acids is 2. The smallest absolute Gasteiger partial charge is 0.338 e. The zero-order chi connectivity index (χ0) is 24.4. The lowest BCUT2D eigenvalue weighted by Crippen LogP contribution is -2.38. The third-order valence-electron chi connectivity index (χ3n) is 6.71. The fourth-order valence-electron chi connectivity index (χ4n) is 4.85. The number of nitrogens with zero attached hydrogens (tertiary/aromatic N) is 3. The van der Waals surface area contributed by atoms with Crippen molar-refractivity contribution in [3.05, 3.63) is 93.7 Å². The molecule has 5 rings (SSSR count). The Morgan fingerprint density at radius 2 is 1.74 bits per heavy atom. The molecule has 1 fully saturated rings. The highest BCUT2D eigenvalue weighted by Gasteiger charge is 2.42. The minimum absolute atomic E-state index is 0.124. The lowest BCUT2D eigenvalue weighted by atomic mass is 9.91. The molecule has 35 heavy (non-hydrogen) atoms. The summed E-state index contributed by atoms with van der Waals surface area (Å²) in [7, 11) is 0. The molecule has 1 atom stereocenters. The summed E-state index contributed by atoms with van der Waals surface area (Å²) in [5.74, 6) is -0.261. The van der Waals surface area contributed by atoms with Crippen molar-refractivity contribution in [1.29, 1.82) is 0 Å². The first-order valence-electron chi connectivity index (χ1n) is 12.0. The van der Waals surface area contributed by atoms with Crippen molar-refractivity contribution in [2.75, 3.05) is 13.1 Å². The van der Waals surface area contributed by atoms with Gasteiger partial charge in [-0.1, -0.05) is 66.4 Å². The van der Waals surface area contributed by atoms with Crippen LogP contribution in [0.25, 0.3) is 0 Å². The molecule has 0 N–H and O–H groups in total. The molecular formula is C28H29N3O3S. The van der Waals surface area contributed by atoms with Gasteiger partial charge in [-0.15, -0.1) is 0 Å². The second-order valence-corrected chi connectivity index (χ2v) is 9.91. The molecule has 7 heteroatoms. The highest BCUT2D eigenvalue weighted by Crippen LogP contribution is 2.45. The zero-order valence-electron chi connectivity index (χ0n) is 20.1. The van der Waals surface area contributed by atoms with E-state index in [1.165, 1.54) is 11.8 Å². The number of amidine groups is 1. The topological polar surface area (TPSA) is 62.2 Å². The Bertz CT molecular complexity index is 1230. The van der Waals surface area contributed by atoms with E-state index >= 15 is 0 Å². The zero-order valence-corrected chi connectivity index (χ0v) is 20.9. The molecule has 0 saturated carbocycles. The van der Waals surface area contributed by atoms with Gasteiger partial charge in [0.25, 0.3) is 0 Å². The summed E-state index contributed by atoms with van der Waals surface area (Å²) < 4.78 is 5.78. The van der Waals surface area contributed by atoms with Crippen LogP contribution in [-0.4, -0.2) is 39.9 Å². The summed E-state index contributed by atoms with van der Waals surface area (Å²) in [6.45, 7) is 5.74. The normalized spacial score (nSPS) is 19.4. The van der Waals surface area contributed by atoms with Crippen LogP contribution in [0, 0.1) is 6.92 Å². The first kappa shape index (κ1) is 23.4. The molecule has 0 bridgehead atoms. The number of aliphatic imine (C=N–C) groups is 1. The van der Waals surface area contributed by atoms with Crippen LogP contribution in [0.3, 0.4) is 0 Å². The summed E-state index contributed by atoms with van der Waals surface area (Å²) >= 11 is 1.51. The quantitative estimate of drug-likeness (QED) is 0.516. The number of ether oxygens (including phenoxy) is 1. The Labute approximate surface area is 210 Å². The third-order valence-corrected chi connectivity index (χ3v) is 7.60. The molecule has 3 aliphatic heterocycles. The fraction of sp³-hybridized carbons (Fsp3) is 0.321. The predicted octanol–water partition coefficient (Wildman–Crippen LogP) is 5.33. The van der Waals surface area contributed by atoms with Crippen molar-refractivity contribution >= 4 is 28.8 Å². The first-order chi connectivity index (χ1) is 17.0. The summed E-state index contributed by atoms with van der Waals surface area (Å²) in [6.07, 6.45) is 2.40. The number of allylic oxidation sites excluding steroid dienone is 1. The summed E-state index contributed by atoms with van der Waals surface area (Å²) in [5, 5.41) is 2.79. The fourth-order valence-corrected chi connectivity index (χ4v) is 5.82. The lowest BCUT2D eigenvalue weighted by molar-refractivity contribution is -0.141. The van der Waals surface area contributed by atoms with Crippen LogP contribution in [0.15, 0.2) is 82.0 Å². The first-order valence-corrected chi connectivity index (χ1v) is 12.9. The van der Waals surface area contributed by atoms with Crippen molar-refractivity contribution in [2.24, 2.45) is 4.99 Å². The standard InChI is InChI=1S/C28H29N3O3S/c1-19-10-6-7-13-23(19)26-25(27(33)34-17-21-11-4-3-5-12-21)20(2)29-28-31(26)22(18-35-28)16-24(32)30-14-8-9-15-30/h3-7,10-13,18,26H,8-9,14-17H2,1-2H3. The van der Waals surface area contributed by atoms with Gasteiger partial charge in [-0.05, 0) is 48.8 Å². The Hall–Kier alpha value is -3.32. The van der Waals surface area contributed by atoms with Crippen molar-refractivity contribution in [2.45, 2.75) is 45.8 Å². The molecule has 1 unspecified atom stereocenters. The summed E-state index contributed by atoms with van der Waals surface area (Å²) in [6, 6.07) is 17.3. The number of thioether (sulfide) groups is 1. The molecule has 0 aromatic heterocycles. The Morgan fingerprint density at radius 1 is 1.03 bits per heavy atom.